The number of pyridine rings is 1. The van der Waals surface area contributed by atoms with Gasteiger partial charge in [0.15, 0.2) is 0 Å². The van der Waals surface area contributed by atoms with Gasteiger partial charge in [0.2, 0.25) is 0 Å². The minimum absolute atomic E-state index is 0.405. The Morgan fingerprint density at radius 2 is 2.18 bits per heavy atom. The van der Waals surface area contributed by atoms with Crippen molar-refractivity contribution in [1.29, 1.82) is 0 Å². The lowest BCUT2D eigenvalue weighted by Gasteiger charge is -2.29. The Balaban J connectivity index is 1.35. The van der Waals surface area contributed by atoms with Crippen molar-refractivity contribution >= 4 is 22.9 Å². The second-order valence-corrected chi connectivity index (χ2v) is 9.00. The van der Waals surface area contributed by atoms with Gasteiger partial charge in [-0.15, -0.1) is 0 Å². The van der Waals surface area contributed by atoms with Crippen molar-refractivity contribution in [2.75, 3.05) is 23.8 Å². The molecule has 0 fully saturated rings. The summed E-state index contributed by atoms with van der Waals surface area (Å²) in [5.74, 6) is 3.13. The van der Waals surface area contributed by atoms with E-state index in [1.54, 1.807) is 6.33 Å². The van der Waals surface area contributed by atoms with Crippen LogP contribution in [0.25, 0.3) is 22.3 Å². The highest BCUT2D eigenvalue weighted by atomic mass is 16.5. The fourth-order valence-electron chi connectivity index (χ4n) is 5.10. The van der Waals surface area contributed by atoms with Gasteiger partial charge in [-0.2, -0.15) is 0 Å². The standard InChI is InChI=1S/C25H27N7O/c1-2-15-3-5-20-19(9-15)24(29-14-28-20)32-7-8-33-22-6-4-16(10-18(22)13-32)17-11-21-23(27-12-17)31-25(26)30-21/h4,6,10-12,14-15H,2-3,5,7-9,13H2,1H3,(H3,26,27,30,31)/p+1. The van der Waals surface area contributed by atoms with E-state index < -0.39 is 0 Å². The SMILES string of the molecule is CCC1CCc2ncnc(N3CCOc4ccc(-c5c[nH+]c6nc(N)[nH]c6c5)cc4C3)c2C1. The molecule has 0 saturated carbocycles. The highest BCUT2D eigenvalue weighted by Crippen LogP contribution is 2.35. The molecule has 0 spiro atoms. The van der Waals surface area contributed by atoms with Gasteiger partial charge in [0.1, 0.15) is 30.0 Å². The van der Waals surface area contributed by atoms with Gasteiger partial charge in [-0.1, -0.05) is 19.4 Å². The maximum atomic E-state index is 6.13. The number of hydrogen-bond acceptors (Lipinski definition) is 6. The van der Waals surface area contributed by atoms with Crippen LogP contribution in [-0.4, -0.2) is 33.1 Å². The van der Waals surface area contributed by atoms with Gasteiger partial charge in [0.25, 0.3) is 0 Å². The quantitative estimate of drug-likeness (QED) is 0.504. The third kappa shape index (κ3) is 3.65. The Morgan fingerprint density at radius 3 is 3.09 bits per heavy atom. The van der Waals surface area contributed by atoms with Crippen molar-refractivity contribution in [3.05, 3.63) is 53.6 Å². The van der Waals surface area contributed by atoms with Crippen molar-refractivity contribution in [2.24, 2.45) is 5.92 Å². The van der Waals surface area contributed by atoms with E-state index in [0.717, 1.165) is 65.4 Å². The molecule has 3 aromatic heterocycles. The zero-order valence-corrected chi connectivity index (χ0v) is 18.8. The summed E-state index contributed by atoms with van der Waals surface area (Å²) >= 11 is 0. The van der Waals surface area contributed by atoms with Gasteiger partial charge in [0.05, 0.1) is 12.7 Å². The molecular formula is C25H28N7O+. The molecule has 0 radical (unpaired) electrons. The molecule has 8 heteroatoms. The molecule has 2 aliphatic rings. The lowest BCUT2D eigenvalue weighted by molar-refractivity contribution is -0.346. The Kier molecular flexibility index (Phi) is 4.86. The van der Waals surface area contributed by atoms with E-state index in [2.05, 4.69) is 56.0 Å². The highest BCUT2D eigenvalue weighted by Gasteiger charge is 2.26. The summed E-state index contributed by atoms with van der Waals surface area (Å²) in [5, 5.41) is 0. The molecule has 1 unspecified atom stereocenters. The van der Waals surface area contributed by atoms with Crippen LogP contribution >= 0.6 is 0 Å². The summed E-state index contributed by atoms with van der Waals surface area (Å²) in [7, 11) is 0. The van der Waals surface area contributed by atoms with E-state index in [4.69, 9.17) is 15.5 Å². The first-order valence-corrected chi connectivity index (χ1v) is 11.7. The number of nitrogen functional groups attached to an aromatic ring is 1. The topological polar surface area (TPSA) is 107 Å². The molecule has 0 amide bonds. The predicted molar refractivity (Wildman–Crippen MR) is 127 cm³/mol. The van der Waals surface area contributed by atoms with E-state index in [1.807, 2.05) is 6.20 Å². The summed E-state index contributed by atoms with van der Waals surface area (Å²) in [6.45, 7) is 4.47. The molecule has 4 N–H and O–H groups in total. The molecule has 0 bridgehead atoms. The molecule has 1 aliphatic heterocycles. The fraction of sp³-hybridized carbons (Fsp3) is 0.360. The Labute approximate surface area is 192 Å². The summed E-state index contributed by atoms with van der Waals surface area (Å²) in [6, 6.07) is 8.45. The largest absolute Gasteiger partial charge is 0.491 e. The normalized spacial score (nSPS) is 17.8. The number of hydrogen-bond donors (Lipinski definition) is 2. The number of nitrogens with zero attached hydrogens (tertiary/aromatic N) is 4. The first kappa shape index (κ1) is 20.0. The van der Waals surface area contributed by atoms with Crippen molar-refractivity contribution in [1.82, 2.24) is 19.9 Å². The van der Waals surface area contributed by atoms with E-state index in [-0.39, 0.29) is 0 Å². The van der Waals surface area contributed by atoms with Crippen molar-refractivity contribution in [2.45, 2.75) is 39.2 Å². The summed E-state index contributed by atoms with van der Waals surface area (Å²) in [6.07, 6.45) is 8.22. The van der Waals surface area contributed by atoms with Crippen LogP contribution in [0.1, 0.15) is 36.6 Å². The monoisotopic (exact) mass is 442 g/mol. The van der Waals surface area contributed by atoms with Crippen molar-refractivity contribution in [3.8, 4) is 16.9 Å². The zero-order valence-electron chi connectivity index (χ0n) is 18.8. The van der Waals surface area contributed by atoms with E-state index in [9.17, 15) is 0 Å². The number of aryl methyl sites for hydroxylation is 1. The van der Waals surface area contributed by atoms with Gasteiger partial charge in [0, 0.05) is 28.9 Å². The number of benzene rings is 1. The van der Waals surface area contributed by atoms with Crippen LogP contribution < -0.4 is 20.4 Å². The minimum atomic E-state index is 0.405. The second kappa shape index (κ2) is 8.03. The Bertz CT molecular complexity index is 1330. The fourth-order valence-corrected chi connectivity index (χ4v) is 5.10. The molecule has 168 valence electrons. The third-order valence-electron chi connectivity index (χ3n) is 6.96. The maximum absolute atomic E-state index is 6.13. The van der Waals surface area contributed by atoms with Crippen LogP contribution in [0.3, 0.4) is 0 Å². The zero-order chi connectivity index (χ0) is 22.4. The van der Waals surface area contributed by atoms with Crippen molar-refractivity contribution in [3.63, 3.8) is 0 Å². The highest BCUT2D eigenvalue weighted by molar-refractivity contribution is 5.77. The van der Waals surface area contributed by atoms with Gasteiger partial charge in [-0.05, 0) is 53.9 Å². The van der Waals surface area contributed by atoms with E-state index >= 15 is 0 Å². The molecule has 1 aromatic carbocycles. The van der Waals surface area contributed by atoms with E-state index in [1.165, 1.54) is 24.1 Å². The molecule has 4 aromatic rings. The molecular weight excluding hydrogens is 414 g/mol. The number of nitrogens with two attached hydrogens (primary N) is 1. The Hall–Kier alpha value is -3.68. The minimum Gasteiger partial charge on any atom is -0.491 e. The van der Waals surface area contributed by atoms with Crippen LogP contribution in [0, 0.1) is 5.92 Å². The molecule has 4 heterocycles. The molecule has 1 atom stereocenters. The van der Waals surface area contributed by atoms with Gasteiger partial charge >= 0.3 is 11.6 Å². The number of aromatic nitrogens is 5. The second-order valence-electron chi connectivity index (χ2n) is 9.00. The number of imidazole rings is 1. The van der Waals surface area contributed by atoms with Crippen LogP contribution in [0.15, 0.2) is 36.8 Å². The Morgan fingerprint density at radius 1 is 1.24 bits per heavy atom. The first-order valence-electron chi connectivity index (χ1n) is 11.7. The third-order valence-corrected chi connectivity index (χ3v) is 6.96. The summed E-state index contributed by atoms with van der Waals surface area (Å²) in [4.78, 5) is 22.3. The molecule has 1 aliphatic carbocycles. The molecule has 6 rings (SSSR count). The first-order chi connectivity index (χ1) is 16.2. The number of H-pyrrole nitrogens is 2. The summed E-state index contributed by atoms with van der Waals surface area (Å²) < 4.78 is 6.13. The number of anilines is 2. The van der Waals surface area contributed by atoms with Crippen LogP contribution in [0.4, 0.5) is 11.8 Å². The lowest BCUT2D eigenvalue weighted by atomic mass is 9.85. The average molecular weight is 443 g/mol. The van der Waals surface area contributed by atoms with Crippen LogP contribution in [0.2, 0.25) is 0 Å². The number of ether oxygens (including phenoxy) is 1. The van der Waals surface area contributed by atoms with Crippen LogP contribution in [0.5, 0.6) is 5.75 Å². The number of fused-ring (bicyclic) bond motifs is 3. The van der Waals surface area contributed by atoms with Gasteiger partial charge in [-0.25, -0.2) is 15.0 Å². The van der Waals surface area contributed by atoms with Gasteiger partial charge in [-0.3, -0.25) is 4.98 Å². The van der Waals surface area contributed by atoms with E-state index in [0.29, 0.717) is 18.5 Å². The van der Waals surface area contributed by atoms with Crippen molar-refractivity contribution < 1.29 is 9.72 Å². The summed E-state index contributed by atoms with van der Waals surface area (Å²) in [5.41, 5.74) is 13.3. The smallest absolute Gasteiger partial charge is 0.349 e. The number of rotatable bonds is 3. The molecule has 33 heavy (non-hydrogen) atoms. The maximum Gasteiger partial charge on any atom is 0.349 e. The average Bonchev–Trinajstić information content (AvgIpc) is 3.09. The molecule has 8 nitrogen and oxygen atoms in total. The molecule has 0 saturated heterocycles. The van der Waals surface area contributed by atoms with Crippen LogP contribution in [-0.2, 0) is 19.4 Å². The number of nitrogens with one attached hydrogen (secondary N) is 2. The number of aromatic amines is 2. The predicted octanol–water partition coefficient (Wildman–Crippen LogP) is 3.33. The van der Waals surface area contributed by atoms with Gasteiger partial charge < -0.3 is 15.4 Å². The lowest BCUT2D eigenvalue weighted by Crippen LogP contribution is -2.29.